The highest BCUT2D eigenvalue weighted by atomic mass is 35.5. The SMILES string of the molecule is Cc1ccc([C@@H](C)NC(=O)c2ccc(Cl)cc2)cc1. The molecule has 0 saturated heterocycles. The Morgan fingerprint density at radius 1 is 1.05 bits per heavy atom. The fourth-order valence-electron chi connectivity index (χ4n) is 1.82. The molecule has 0 aliphatic rings. The van der Waals surface area contributed by atoms with E-state index in [9.17, 15) is 4.79 Å². The predicted octanol–water partition coefficient (Wildman–Crippen LogP) is 4.14. The minimum atomic E-state index is -0.0928. The molecule has 0 saturated carbocycles. The number of hydrogen-bond donors (Lipinski definition) is 1. The minimum Gasteiger partial charge on any atom is -0.346 e. The van der Waals surface area contributed by atoms with Gasteiger partial charge >= 0.3 is 0 Å². The van der Waals surface area contributed by atoms with Gasteiger partial charge in [-0.15, -0.1) is 0 Å². The zero-order valence-electron chi connectivity index (χ0n) is 11.0. The van der Waals surface area contributed by atoms with Crippen LogP contribution in [0.2, 0.25) is 5.02 Å². The van der Waals surface area contributed by atoms with E-state index in [1.165, 1.54) is 5.56 Å². The molecule has 0 bridgehead atoms. The van der Waals surface area contributed by atoms with Crippen LogP contribution in [0.3, 0.4) is 0 Å². The van der Waals surface area contributed by atoms with E-state index < -0.39 is 0 Å². The van der Waals surface area contributed by atoms with E-state index in [1.807, 2.05) is 38.1 Å². The molecule has 0 aliphatic carbocycles. The van der Waals surface area contributed by atoms with Gasteiger partial charge in [-0.25, -0.2) is 0 Å². The molecule has 1 N–H and O–H groups in total. The summed E-state index contributed by atoms with van der Waals surface area (Å²) >= 11 is 5.80. The molecule has 98 valence electrons. The summed E-state index contributed by atoms with van der Waals surface area (Å²) < 4.78 is 0. The van der Waals surface area contributed by atoms with Crippen molar-refractivity contribution in [1.82, 2.24) is 5.32 Å². The topological polar surface area (TPSA) is 29.1 Å². The number of benzene rings is 2. The van der Waals surface area contributed by atoms with Crippen LogP contribution in [-0.2, 0) is 0 Å². The summed E-state index contributed by atoms with van der Waals surface area (Å²) in [5.74, 6) is -0.0928. The molecule has 0 radical (unpaired) electrons. The second-order valence-corrected chi connectivity index (χ2v) is 5.05. The largest absolute Gasteiger partial charge is 0.346 e. The second kappa shape index (κ2) is 5.89. The first-order chi connectivity index (χ1) is 9.06. The third-order valence-corrected chi connectivity index (χ3v) is 3.28. The van der Waals surface area contributed by atoms with E-state index in [0.717, 1.165) is 5.56 Å². The smallest absolute Gasteiger partial charge is 0.251 e. The molecule has 0 aliphatic heterocycles. The number of rotatable bonds is 3. The zero-order chi connectivity index (χ0) is 13.8. The van der Waals surface area contributed by atoms with Crippen molar-refractivity contribution in [3.8, 4) is 0 Å². The van der Waals surface area contributed by atoms with E-state index in [1.54, 1.807) is 24.3 Å². The third-order valence-electron chi connectivity index (χ3n) is 3.03. The van der Waals surface area contributed by atoms with Crippen LogP contribution in [0.25, 0.3) is 0 Å². The first-order valence-corrected chi connectivity index (χ1v) is 6.57. The summed E-state index contributed by atoms with van der Waals surface area (Å²) in [7, 11) is 0. The van der Waals surface area contributed by atoms with Crippen LogP contribution in [0.1, 0.15) is 34.5 Å². The number of amides is 1. The highest BCUT2D eigenvalue weighted by Gasteiger charge is 2.10. The number of carbonyl (C=O) groups excluding carboxylic acids is 1. The summed E-state index contributed by atoms with van der Waals surface area (Å²) in [6.45, 7) is 4.01. The first-order valence-electron chi connectivity index (χ1n) is 6.19. The molecule has 0 aromatic heterocycles. The van der Waals surface area contributed by atoms with Gasteiger partial charge in [-0.3, -0.25) is 4.79 Å². The number of hydrogen-bond acceptors (Lipinski definition) is 1. The summed E-state index contributed by atoms with van der Waals surface area (Å²) in [6, 6.07) is 15.0. The highest BCUT2D eigenvalue weighted by molar-refractivity contribution is 6.30. The Morgan fingerprint density at radius 2 is 1.63 bits per heavy atom. The molecule has 19 heavy (non-hydrogen) atoms. The van der Waals surface area contributed by atoms with Gasteiger partial charge in [0.05, 0.1) is 6.04 Å². The Bertz CT molecular complexity index is 560. The van der Waals surface area contributed by atoms with Gasteiger partial charge in [0, 0.05) is 10.6 Å². The van der Waals surface area contributed by atoms with Crippen LogP contribution in [-0.4, -0.2) is 5.91 Å². The van der Waals surface area contributed by atoms with Gasteiger partial charge in [-0.2, -0.15) is 0 Å². The van der Waals surface area contributed by atoms with Gasteiger partial charge in [-0.1, -0.05) is 41.4 Å². The Kier molecular flexibility index (Phi) is 4.23. The summed E-state index contributed by atoms with van der Waals surface area (Å²) in [4.78, 5) is 12.1. The van der Waals surface area contributed by atoms with E-state index >= 15 is 0 Å². The van der Waals surface area contributed by atoms with E-state index in [2.05, 4.69) is 5.32 Å². The van der Waals surface area contributed by atoms with Crippen molar-refractivity contribution in [2.45, 2.75) is 19.9 Å². The highest BCUT2D eigenvalue weighted by Crippen LogP contribution is 2.15. The minimum absolute atomic E-state index is 0.0243. The molecule has 2 rings (SSSR count). The van der Waals surface area contributed by atoms with Crippen LogP contribution in [0.5, 0.6) is 0 Å². The Balaban J connectivity index is 2.06. The van der Waals surface area contributed by atoms with Crippen LogP contribution in [0.15, 0.2) is 48.5 Å². The molecular weight excluding hydrogens is 258 g/mol. The lowest BCUT2D eigenvalue weighted by Crippen LogP contribution is -2.26. The molecule has 0 unspecified atom stereocenters. The fraction of sp³-hybridized carbons (Fsp3) is 0.188. The number of aryl methyl sites for hydroxylation is 1. The predicted molar refractivity (Wildman–Crippen MR) is 78.5 cm³/mol. The van der Waals surface area contributed by atoms with Crippen LogP contribution < -0.4 is 5.32 Å². The molecule has 1 amide bonds. The van der Waals surface area contributed by atoms with Crippen molar-refractivity contribution in [3.63, 3.8) is 0 Å². The van der Waals surface area contributed by atoms with Crippen LogP contribution in [0.4, 0.5) is 0 Å². The molecule has 0 spiro atoms. The van der Waals surface area contributed by atoms with Crippen LogP contribution >= 0.6 is 11.6 Å². The molecule has 1 atom stereocenters. The van der Waals surface area contributed by atoms with Gasteiger partial charge in [0.15, 0.2) is 0 Å². The standard InChI is InChI=1S/C16H16ClNO/c1-11-3-5-13(6-4-11)12(2)18-16(19)14-7-9-15(17)10-8-14/h3-10,12H,1-2H3,(H,18,19)/t12-/m1/s1. The quantitative estimate of drug-likeness (QED) is 0.895. The van der Waals surface area contributed by atoms with Crippen molar-refractivity contribution in [3.05, 3.63) is 70.2 Å². The second-order valence-electron chi connectivity index (χ2n) is 4.61. The zero-order valence-corrected chi connectivity index (χ0v) is 11.7. The van der Waals surface area contributed by atoms with E-state index in [4.69, 9.17) is 11.6 Å². The van der Waals surface area contributed by atoms with Crippen LogP contribution in [0, 0.1) is 6.92 Å². The number of halogens is 1. The van der Waals surface area contributed by atoms with Gasteiger partial charge in [0.1, 0.15) is 0 Å². The van der Waals surface area contributed by atoms with E-state index in [-0.39, 0.29) is 11.9 Å². The average molecular weight is 274 g/mol. The van der Waals surface area contributed by atoms with Crippen molar-refractivity contribution in [1.29, 1.82) is 0 Å². The average Bonchev–Trinajstić information content (AvgIpc) is 2.40. The van der Waals surface area contributed by atoms with Gasteiger partial charge in [0.2, 0.25) is 0 Å². The molecule has 2 nitrogen and oxygen atoms in total. The number of nitrogens with one attached hydrogen (secondary N) is 1. The summed E-state index contributed by atoms with van der Waals surface area (Å²) in [5, 5.41) is 3.60. The Labute approximate surface area is 118 Å². The maximum atomic E-state index is 12.1. The van der Waals surface area contributed by atoms with Crippen molar-refractivity contribution >= 4 is 17.5 Å². The summed E-state index contributed by atoms with van der Waals surface area (Å²) in [6.07, 6.45) is 0. The Morgan fingerprint density at radius 3 is 2.21 bits per heavy atom. The summed E-state index contributed by atoms with van der Waals surface area (Å²) in [5.41, 5.74) is 2.91. The van der Waals surface area contributed by atoms with Gasteiger partial charge < -0.3 is 5.32 Å². The van der Waals surface area contributed by atoms with Gasteiger partial charge in [-0.05, 0) is 43.7 Å². The monoisotopic (exact) mass is 273 g/mol. The van der Waals surface area contributed by atoms with Gasteiger partial charge in [0.25, 0.3) is 5.91 Å². The molecule has 2 aromatic carbocycles. The molecule has 3 heteroatoms. The van der Waals surface area contributed by atoms with Crippen molar-refractivity contribution in [2.75, 3.05) is 0 Å². The molecule has 0 fully saturated rings. The molecule has 0 heterocycles. The lowest BCUT2D eigenvalue weighted by molar-refractivity contribution is 0.0940. The number of carbonyl (C=O) groups is 1. The lowest BCUT2D eigenvalue weighted by Gasteiger charge is -2.14. The molecular formula is C16H16ClNO. The fourth-order valence-corrected chi connectivity index (χ4v) is 1.95. The maximum Gasteiger partial charge on any atom is 0.251 e. The molecule has 2 aromatic rings. The maximum absolute atomic E-state index is 12.1. The van der Waals surface area contributed by atoms with Crippen molar-refractivity contribution in [2.24, 2.45) is 0 Å². The van der Waals surface area contributed by atoms with E-state index in [0.29, 0.717) is 10.6 Å². The lowest BCUT2D eigenvalue weighted by atomic mass is 10.1. The normalized spacial score (nSPS) is 11.9. The third kappa shape index (κ3) is 3.58. The first kappa shape index (κ1) is 13.6. The Hall–Kier alpha value is -1.80. The van der Waals surface area contributed by atoms with Crippen molar-refractivity contribution < 1.29 is 4.79 Å².